The van der Waals surface area contributed by atoms with E-state index in [1.54, 1.807) is 0 Å². The number of nitrogens with one attached hydrogen (secondary N) is 2. The van der Waals surface area contributed by atoms with Crippen LogP contribution in [0, 0.1) is 5.92 Å². The van der Waals surface area contributed by atoms with Gasteiger partial charge in [-0.2, -0.15) is 0 Å². The van der Waals surface area contributed by atoms with Crippen molar-refractivity contribution in [1.82, 2.24) is 15.5 Å². The molecular weight excluding hydrogens is 214 g/mol. The summed E-state index contributed by atoms with van der Waals surface area (Å²) in [6, 6.07) is 0.345. The Morgan fingerprint density at radius 1 is 1.53 bits per heavy atom. The SMILES string of the molecule is CC1CN(C)CCC1NC(=O)C1(C)CCCN1. The molecule has 17 heavy (non-hydrogen) atoms. The van der Waals surface area contributed by atoms with Crippen molar-refractivity contribution in [3.05, 3.63) is 0 Å². The topological polar surface area (TPSA) is 44.4 Å². The minimum atomic E-state index is -0.330. The van der Waals surface area contributed by atoms with Gasteiger partial charge in [-0.25, -0.2) is 0 Å². The maximum absolute atomic E-state index is 12.3. The number of likely N-dealkylation sites (tertiary alicyclic amines) is 1. The number of nitrogens with zero attached hydrogens (tertiary/aromatic N) is 1. The lowest BCUT2D eigenvalue weighted by atomic mass is 9.92. The Morgan fingerprint density at radius 2 is 2.29 bits per heavy atom. The zero-order chi connectivity index (χ0) is 12.5. The van der Waals surface area contributed by atoms with Crippen molar-refractivity contribution in [2.45, 2.75) is 44.7 Å². The molecular formula is C13H25N3O. The zero-order valence-electron chi connectivity index (χ0n) is 11.3. The van der Waals surface area contributed by atoms with E-state index in [9.17, 15) is 4.79 Å². The Hall–Kier alpha value is -0.610. The smallest absolute Gasteiger partial charge is 0.240 e. The van der Waals surface area contributed by atoms with Gasteiger partial charge < -0.3 is 15.5 Å². The maximum Gasteiger partial charge on any atom is 0.240 e. The molecule has 98 valence electrons. The second-order valence-corrected chi connectivity index (χ2v) is 5.97. The van der Waals surface area contributed by atoms with Crippen LogP contribution in [0.1, 0.15) is 33.1 Å². The monoisotopic (exact) mass is 239 g/mol. The summed E-state index contributed by atoms with van der Waals surface area (Å²) >= 11 is 0. The molecule has 0 aromatic carbocycles. The molecule has 0 saturated carbocycles. The number of carbonyl (C=O) groups is 1. The van der Waals surface area contributed by atoms with E-state index < -0.39 is 0 Å². The Morgan fingerprint density at radius 3 is 2.88 bits per heavy atom. The third-order valence-corrected chi connectivity index (χ3v) is 4.29. The third-order valence-electron chi connectivity index (χ3n) is 4.29. The Balaban J connectivity index is 1.90. The van der Waals surface area contributed by atoms with Crippen LogP contribution in [0.2, 0.25) is 0 Å². The van der Waals surface area contributed by atoms with Gasteiger partial charge in [0.1, 0.15) is 0 Å². The van der Waals surface area contributed by atoms with Crippen molar-refractivity contribution < 1.29 is 4.79 Å². The highest BCUT2D eigenvalue weighted by Gasteiger charge is 2.38. The predicted octanol–water partition coefficient (Wildman–Crippen LogP) is 0.585. The van der Waals surface area contributed by atoms with Crippen molar-refractivity contribution in [2.24, 2.45) is 5.92 Å². The first-order valence-corrected chi connectivity index (χ1v) is 6.76. The van der Waals surface area contributed by atoms with E-state index in [0.29, 0.717) is 12.0 Å². The second-order valence-electron chi connectivity index (χ2n) is 5.97. The molecule has 0 radical (unpaired) electrons. The summed E-state index contributed by atoms with van der Waals surface area (Å²) in [5.74, 6) is 0.735. The van der Waals surface area contributed by atoms with Gasteiger partial charge >= 0.3 is 0 Å². The maximum atomic E-state index is 12.3. The van der Waals surface area contributed by atoms with Gasteiger partial charge in [0.2, 0.25) is 5.91 Å². The molecule has 2 aliphatic rings. The summed E-state index contributed by atoms with van der Waals surface area (Å²) < 4.78 is 0. The molecule has 3 atom stereocenters. The average Bonchev–Trinajstić information content (AvgIpc) is 2.71. The van der Waals surface area contributed by atoms with Crippen LogP contribution in [0.15, 0.2) is 0 Å². The van der Waals surface area contributed by atoms with E-state index in [1.807, 2.05) is 6.92 Å². The van der Waals surface area contributed by atoms with Crippen LogP contribution in [0.5, 0.6) is 0 Å². The number of hydrogen-bond acceptors (Lipinski definition) is 3. The highest BCUT2D eigenvalue weighted by molar-refractivity contribution is 5.86. The van der Waals surface area contributed by atoms with Gasteiger partial charge in [-0.3, -0.25) is 4.79 Å². The standard InChI is InChI=1S/C13H25N3O/c1-10-9-16(3)8-5-11(10)15-12(17)13(2)6-4-7-14-13/h10-11,14H,4-9H2,1-3H3,(H,15,17). The van der Waals surface area contributed by atoms with Crippen molar-refractivity contribution in [3.63, 3.8) is 0 Å². The quantitative estimate of drug-likeness (QED) is 0.741. The van der Waals surface area contributed by atoms with Crippen molar-refractivity contribution in [2.75, 3.05) is 26.7 Å². The van der Waals surface area contributed by atoms with Crippen LogP contribution in [0.25, 0.3) is 0 Å². The van der Waals surface area contributed by atoms with Crippen LogP contribution < -0.4 is 10.6 Å². The Labute approximate surface area is 104 Å². The van der Waals surface area contributed by atoms with Crippen molar-refractivity contribution in [1.29, 1.82) is 0 Å². The van der Waals surface area contributed by atoms with Gasteiger partial charge in [0, 0.05) is 12.6 Å². The molecule has 4 nitrogen and oxygen atoms in total. The first-order chi connectivity index (χ1) is 8.01. The third kappa shape index (κ3) is 2.80. The van der Waals surface area contributed by atoms with Crippen molar-refractivity contribution >= 4 is 5.91 Å². The lowest BCUT2D eigenvalue weighted by Gasteiger charge is -2.37. The molecule has 0 aromatic heterocycles. The van der Waals surface area contributed by atoms with E-state index in [-0.39, 0.29) is 11.4 Å². The summed E-state index contributed by atoms with van der Waals surface area (Å²) in [5, 5.41) is 6.57. The number of piperidine rings is 1. The van der Waals surface area contributed by atoms with Gasteiger partial charge in [-0.1, -0.05) is 6.92 Å². The van der Waals surface area contributed by atoms with E-state index >= 15 is 0 Å². The second kappa shape index (κ2) is 4.94. The van der Waals surface area contributed by atoms with E-state index in [1.165, 1.54) is 0 Å². The lowest BCUT2D eigenvalue weighted by Crippen LogP contribution is -2.57. The van der Waals surface area contributed by atoms with Gasteiger partial charge in [-0.05, 0) is 52.2 Å². The highest BCUT2D eigenvalue weighted by Crippen LogP contribution is 2.21. The van der Waals surface area contributed by atoms with Gasteiger partial charge in [0.05, 0.1) is 5.54 Å². The minimum absolute atomic E-state index is 0.191. The molecule has 2 N–H and O–H groups in total. The van der Waals surface area contributed by atoms with Gasteiger partial charge in [-0.15, -0.1) is 0 Å². The van der Waals surface area contributed by atoms with Gasteiger partial charge in [0.25, 0.3) is 0 Å². The highest BCUT2D eigenvalue weighted by atomic mass is 16.2. The Kier molecular flexibility index (Phi) is 3.73. The van der Waals surface area contributed by atoms with Crippen LogP contribution in [-0.2, 0) is 4.79 Å². The summed E-state index contributed by atoms with van der Waals surface area (Å²) in [4.78, 5) is 14.6. The normalized spacial score (nSPS) is 39.2. The molecule has 2 rings (SSSR count). The molecule has 2 heterocycles. The first-order valence-electron chi connectivity index (χ1n) is 6.76. The fourth-order valence-electron chi connectivity index (χ4n) is 2.98. The summed E-state index contributed by atoms with van der Waals surface area (Å²) in [6.45, 7) is 7.38. The summed E-state index contributed by atoms with van der Waals surface area (Å²) in [6.07, 6.45) is 3.13. The molecule has 0 aliphatic carbocycles. The summed E-state index contributed by atoms with van der Waals surface area (Å²) in [5.41, 5.74) is -0.330. The average molecular weight is 239 g/mol. The molecule has 1 amide bonds. The first kappa shape index (κ1) is 12.8. The Bertz CT molecular complexity index is 286. The summed E-state index contributed by atoms with van der Waals surface area (Å²) in [7, 11) is 2.15. The van der Waals surface area contributed by atoms with Crippen molar-refractivity contribution in [3.8, 4) is 0 Å². The van der Waals surface area contributed by atoms with E-state index in [2.05, 4.69) is 29.5 Å². The largest absolute Gasteiger partial charge is 0.351 e. The molecule has 0 spiro atoms. The number of amides is 1. The van der Waals surface area contributed by atoms with Crippen LogP contribution in [0.4, 0.5) is 0 Å². The van der Waals surface area contributed by atoms with Gasteiger partial charge in [0.15, 0.2) is 0 Å². The minimum Gasteiger partial charge on any atom is -0.351 e. The molecule has 2 saturated heterocycles. The zero-order valence-corrected chi connectivity index (χ0v) is 11.3. The molecule has 3 unspecified atom stereocenters. The molecule has 0 bridgehead atoms. The predicted molar refractivity (Wildman–Crippen MR) is 68.9 cm³/mol. The van der Waals surface area contributed by atoms with Crippen LogP contribution in [-0.4, -0.2) is 49.1 Å². The van der Waals surface area contributed by atoms with E-state index in [0.717, 1.165) is 38.9 Å². The van der Waals surface area contributed by atoms with E-state index in [4.69, 9.17) is 0 Å². The molecule has 2 aliphatic heterocycles. The number of carbonyl (C=O) groups excluding carboxylic acids is 1. The fourth-order valence-corrected chi connectivity index (χ4v) is 2.98. The fraction of sp³-hybridized carbons (Fsp3) is 0.923. The number of rotatable bonds is 2. The molecule has 0 aromatic rings. The number of hydrogen-bond donors (Lipinski definition) is 2. The van der Waals surface area contributed by atoms with Crippen LogP contribution >= 0.6 is 0 Å². The van der Waals surface area contributed by atoms with Crippen LogP contribution in [0.3, 0.4) is 0 Å². The molecule has 2 fully saturated rings. The molecule has 4 heteroatoms. The lowest BCUT2D eigenvalue weighted by molar-refractivity contribution is -0.128.